The third-order valence-corrected chi connectivity index (χ3v) is 9.28. The van der Waals surface area contributed by atoms with E-state index in [9.17, 15) is 9.90 Å². The SMILES string of the molecule is CCCC/C=C\C/C=C\CCCCCCCC(=O)OC(CO)COCCCCCCCCCCCCCCCCCCCCCCC. The molecule has 278 valence electrons. The Hall–Kier alpha value is -1.13. The maximum Gasteiger partial charge on any atom is 0.306 e. The largest absolute Gasteiger partial charge is 0.457 e. The number of esters is 1. The zero-order valence-corrected chi connectivity index (χ0v) is 31.8. The van der Waals surface area contributed by atoms with Crippen LogP contribution in [0.15, 0.2) is 24.3 Å². The van der Waals surface area contributed by atoms with Gasteiger partial charge in [0.05, 0.1) is 13.2 Å². The molecule has 0 aliphatic carbocycles. The van der Waals surface area contributed by atoms with E-state index in [1.165, 1.54) is 161 Å². The van der Waals surface area contributed by atoms with E-state index >= 15 is 0 Å². The lowest BCUT2D eigenvalue weighted by Gasteiger charge is -2.15. The van der Waals surface area contributed by atoms with Crippen molar-refractivity contribution in [1.82, 2.24) is 0 Å². The molecule has 0 radical (unpaired) electrons. The van der Waals surface area contributed by atoms with Gasteiger partial charge in [-0.05, 0) is 38.5 Å². The molecule has 0 aliphatic heterocycles. The van der Waals surface area contributed by atoms with Crippen LogP contribution in [0.4, 0.5) is 0 Å². The van der Waals surface area contributed by atoms with E-state index in [0.29, 0.717) is 19.6 Å². The minimum absolute atomic E-state index is 0.174. The van der Waals surface area contributed by atoms with Gasteiger partial charge in [0.15, 0.2) is 0 Å². The highest BCUT2D eigenvalue weighted by Gasteiger charge is 2.13. The van der Waals surface area contributed by atoms with Crippen molar-refractivity contribution in [3.05, 3.63) is 24.3 Å². The molecule has 0 aliphatic rings. The summed E-state index contributed by atoms with van der Waals surface area (Å²) >= 11 is 0. The van der Waals surface area contributed by atoms with Crippen molar-refractivity contribution in [3.8, 4) is 0 Å². The highest BCUT2D eigenvalue weighted by molar-refractivity contribution is 5.69. The normalized spacial score (nSPS) is 12.5. The van der Waals surface area contributed by atoms with Gasteiger partial charge in [0.1, 0.15) is 6.10 Å². The Kier molecular flexibility index (Phi) is 40.1. The van der Waals surface area contributed by atoms with Gasteiger partial charge in [-0.15, -0.1) is 0 Å². The summed E-state index contributed by atoms with van der Waals surface area (Å²) in [4.78, 5) is 12.2. The van der Waals surface area contributed by atoms with Gasteiger partial charge in [-0.3, -0.25) is 4.79 Å². The van der Waals surface area contributed by atoms with Crippen molar-refractivity contribution in [2.75, 3.05) is 19.8 Å². The first kappa shape index (κ1) is 45.9. The van der Waals surface area contributed by atoms with Crippen molar-refractivity contribution in [1.29, 1.82) is 0 Å². The lowest BCUT2D eigenvalue weighted by Crippen LogP contribution is -2.27. The van der Waals surface area contributed by atoms with Crippen molar-refractivity contribution in [2.24, 2.45) is 0 Å². The van der Waals surface area contributed by atoms with Crippen LogP contribution in [0, 0.1) is 0 Å². The second-order valence-corrected chi connectivity index (χ2v) is 14.1. The molecule has 0 bridgehead atoms. The summed E-state index contributed by atoms with van der Waals surface area (Å²) in [7, 11) is 0. The predicted molar refractivity (Wildman–Crippen MR) is 205 cm³/mol. The molecule has 0 aromatic carbocycles. The Morgan fingerprint density at radius 1 is 0.511 bits per heavy atom. The Balaban J connectivity index is 3.38. The molecule has 4 heteroatoms. The monoisotopic (exact) mass is 663 g/mol. The maximum atomic E-state index is 12.2. The molecule has 0 fully saturated rings. The van der Waals surface area contributed by atoms with Crippen LogP contribution in [0.25, 0.3) is 0 Å². The Morgan fingerprint density at radius 2 is 0.915 bits per heavy atom. The molecular weight excluding hydrogens is 580 g/mol. The van der Waals surface area contributed by atoms with Crippen LogP contribution >= 0.6 is 0 Å². The van der Waals surface area contributed by atoms with Crippen LogP contribution in [0.1, 0.15) is 219 Å². The molecule has 47 heavy (non-hydrogen) atoms. The number of rotatable bonds is 39. The Labute approximate surface area is 294 Å². The second-order valence-electron chi connectivity index (χ2n) is 14.1. The molecular formula is C43H82O4. The number of aliphatic hydroxyl groups excluding tert-OH is 1. The molecule has 0 rings (SSSR count). The highest BCUT2D eigenvalue weighted by Crippen LogP contribution is 2.15. The summed E-state index contributed by atoms with van der Waals surface area (Å²) in [6.07, 6.45) is 49.5. The number of unbranched alkanes of at least 4 members (excludes halogenated alkanes) is 27. The zero-order valence-electron chi connectivity index (χ0n) is 31.8. The van der Waals surface area contributed by atoms with E-state index in [4.69, 9.17) is 9.47 Å². The van der Waals surface area contributed by atoms with Gasteiger partial charge in [0.2, 0.25) is 0 Å². The highest BCUT2D eigenvalue weighted by atomic mass is 16.6. The van der Waals surface area contributed by atoms with E-state index in [1.807, 2.05) is 0 Å². The predicted octanol–water partition coefficient (Wildman–Crippen LogP) is 13.5. The van der Waals surface area contributed by atoms with E-state index in [-0.39, 0.29) is 12.6 Å². The van der Waals surface area contributed by atoms with Crippen molar-refractivity contribution in [2.45, 2.75) is 225 Å². The van der Waals surface area contributed by atoms with Crippen LogP contribution in [0.3, 0.4) is 0 Å². The number of carbonyl (C=O) groups excluding carboxylic acids is 1. The molecule has 0 amide bonds. The minimum atomic E-state index is -0.536. The second kappa shape index (κ2) is 41.0. The summed E-state index contributed by atoms with van der Waals surface area (Å²) in [5.41, 5.74) is 0. The average Bonchev–Trinajstić information content (AvgIpc) is 3.08. The molecule has 0 saturated carbocycles. The number of hydrogen-bond acceptors (Lipinski definition) is 4. The maximum absolute atomic E-state index is 12.2. The fraction of sp³-hybridized carbons (Fsp3) is 0.884. The molecule has 0 aromatic heterocycles. The van der Waals surface area contributed by atoms with Gasteiger partial charge in [0, 0.05) is 13.0 Å². The molecule has 0 aromatic rings. The number of hydrogen-bond donors (Lipinski definition) is 1. The molecule has 1 N–H and O–H groups in total. The molecule has 1 unspecified atom stereocenters. The average molecular weight is 663 g/mol. The summed E-state index contributed by atoms with van der Waals surface area (Å²) in [5, 5.41) is 9.58. The summed E-state index contributed by atoms with van der Waals surface area (Å²) in [6, 6.07) is 0. The van der Waals surface area contributed by atoms with Crippen molar-refractivity contribution >= 4 is 5.97 Å². The summed E-state index contributed by atoms with van der Waals surface area (Å²) in [5.74, 6) is -0.211. The van der Waals surface area contributed by atoms with Crippen LogP contribution in [0.5, 0.6) is 0 Å². The summed E-state index contributed by atoms with van der Waals surface area (Å²) in [6.45, 7) is 5.32. The standard InChI is InChI=1S/C43H82O4/c1-3-5-7-9-11-13-15-17-19-20-21-22-23-24-25-27-29-31-33-35-37-39-46-41-42(40-44)47-43(45)38-36-34-32-30-28-26-18-16-14-12-10-8-6-4-2/h10,12,16,18,42,44H,3-9,11,13-15,17,19-41H2,1-2H3/b12-10-,18-16-. The summed E-state index contributed by atoms with van der Waals surface area (Å²) < 4.78 is 11.1. The molecule has 0 saturated heterocycles. The Morgan fingerprint density at radius 3 is 1.38 bits per heavy atom. The van der Waals surface area contributed by atoms with Gasteiger partial charge in [-0.1, -0.05) is 199 Å². The molecule has 0 spiro atoms. The fourth-order valence-corrected chi connectivity index (χ4v) is 6.11. The zero-order chi connectivity index (χ0) is 34.1. The van der Waals surface area contributed by atoms with Crippen LogP contribution in [-0.4, -0.2) is 37.0 Å². The molecule has 4 nitrogen and oxygen atoms in total. The third-order valence-electron chi connectivity index (χ3n) is 9.28. The van der Waals surface area contributed by atoms with E-state index < -0.39 is 6.10 Å². The van der Waals surface area contributed by atoms with Gasteiger partial charge in [-0.2, -0.15) is 0 Å². The third kappa shape index (κ3) is 39.2. The number of aliphatic hydroxyl groups is 1. The topological polar surface area (TPSA) is 55.8 Å². The van der Waals surface area contributed by atoms with Gasteiger partial charge >= 0.3 is 5.97 Å². The van der Waals surface area contributed by atoms with E-state index in [0.717, 1.165) is 38.5 Å². The number of ether oxygens (including phenoxy) is 2. The van der Waals surface area contributed by atoms with Gasteiger partial charge < -0.3 is 14.6 Å². The lowest BCUT2D eigenvalue weighted by molar-refractivity contribution is -0.154. The number of carbonyl (C=O) groups is 1. The van der Waals surface area contributed by atoms with Crippen molar-refractivity contribution in [3.63, 3.8) is 0 Å². The molecule has 0 heterocycles. The molecule has 1 atom stereocenters. The number of allylic oxidation sites excluding steroid dienone is 4. The first-order chi connectivity index (χ1) is 23.2. The first-order valence-electron chi connectivity index (χ1n) is 20.9. The Bertz CT molecular complexity index is 658. The lowest BCUT2D eigenvalue weighted by atomic mass is 10.0. The first-order valence-corrected chi connectivity index (χ1v) is 20.9. The smallest absolute Gasteiger partial charge is 0.306 e. The van der Waals surface area contributed by atoms with E-state index in [2.05, 4.69) is 38.2 Å². The van der Waals surface area contributed by atoms with Crippen LogP contribution in [0.2, 0.25) is 0 Å². The fourth-order valence-electron chi connectivity index (χ4n) is 6.11. The van der Waals surface area contributed by atoms with E-state index in [1.54, 1.807) is 0 Å². The van der Waals surface area contributed by atoms with Gasteiger partial charge in [-0.25, -0.2) is 0 Å². The quantitative estimate of drug-likeness (QED) is 0.0404. The van der Waals surface area contributed by atoms with Crippen molar-refractivity contribution < 1.29 is 19.4 Å². The van der Waals surface area contributed by atoms with Crippen LogP contribution in [-0.2, 0) is 14.3 Å². The van der Waals surface area contributed by atoms with Crippen LogP contribution < -0.4 is 0 Å². The van der Waals surface area contributed by atoms with Gasteiger partial charge in [0.25, 0.3) is 0 Å². The minimum Gasteiger partial charge on any atom is -0.457 e.